The monoisotopic (exact) mass is 511 g/mol. The highest BCUT2D eigenvalue weighted by Crippen LogP contribution is 2.40. The van der Waals surface area contributed by atoms with Crippen molar-refractivity contribution in [3.8, 4) is 33.9 Å². The van der Waals surface area contributed by atoms with Crippen molar-refractivity contribution in [2.75, 3.05) is 45.3 Å². The van der Waals surface area contributed by atoms with Crippen LogP contribution in [0.1, 0.15) is 44.6 Å². The summed E-state index contributed by atoms with van der Waals surface area (Å²) >= 11 is 0. The lowest BCUT2D eigenvalue weighted by Crippen LogP contribution is -2.52. The van der Waals surface area contributed by atoms with Gasteiger partial charge in [0.1, 0.15) is 0 Å². The molecule has 198 valence electrons. The minimum absolute atomic E-state index is 0.333. The Morgan fingerprint density at radius 2 is 1.55 bits per heavy atom. The highest BCUT2D eigenvalue weighted by Gasteiger charge is 2.28. The maximum atomic E-state index is 5.57. The van der Waals surface area contributed by atoms with Gasteiger partial charge in [0.25, 0.3) is 0 Å². The molecule has 2 aromatic carbocycles. The first-order valence-corrected chi connectivity index (χ1v) is 13.7. The Morgan fingerprint density at radius 3 is 2.18 bits per heavy atom. The van der Waals surface area contributed by atoms with Crippen molar-refractivity contribution in [1.29, 1.82) is 0 Å². The molecule has 0 unspecified atom stereocenters. The third-order valence-corrected chi connectivity index (χ3v) is 8.25. The molecule has 0 atom stereocenters. The number of nitrogens with zero attached hydrogens (tertiary/aromatic N) is 4. The third-order valence-electron chi connectivity index (χ3n) is 8.25. The van der Waals surface area contributed by atoms with Gasteiger partial charge in [-0.25, -0.2) is 9.97 Å². The summed E-state index contributed by atoms with van der Waals surface area (Å²) in [7, 11) is 3.33. The van der Waals surface area contributed by atoms with Gasteiger partial charge in [0.15, 0.2) is 11.5 Å². The summed E-state index contributed by atoms with van der Waals surface area (Å²) in [6.45, 7) is 8.70. The lowest BCUT2D eigenvalue weighted by atomic mass is 9.91. The van der Waals surface area contributed by atoms with E-state index < -0.39 is 0 Å². The molecule has 1 N–H and O–H groups in total. The van der Waals surface area contributed by atoms with Crippen LogP contribution in [0, 0.1) is 0 Å². The van der Waals surface area contributed by atoms with Gasteiger partial charge >= 0.3 is 0 Å². The van der Waals surface area contributed by atoms with Gasteiger partial charge in [-0.05, 0) is 60.2 Å². The van der Waals surface area contributed by atoms with E-state index in [1.54, 1.807) is 14.2 Å². The molecule has 4 aromatic rings. The fraction of sp³-hybridized carbons (Fsp3) is 0.419. The van der Waals surface area contributed by atoms with Crippen molar-refractivity contribution in [2.24, 2.45) is 0 Å². The highest BCUT2D eigenvalue weighted by atomic mass is 16.5. The Hall–Kier alpha value is -3.58. The molecule has 38 heavy (non-hydrogen) atoms. The summed E-state index contributed by atoms with van der Waals surface area (Å²) in [5, 5.41) is 1.22. The number of aromatic amines is 1. The number of piperazine rings is 1. The van der Waals surface area contributed by atoms with Crippen LogP contribution in [0.25, 0.3) is 33.3 Å². The van der Waals surface area contributed by atoms with Gasteiger partial charge in [-0.1, -0.05) is 26.3 Å². The Labute approximate surface area is 224 Å². The Balaban J connectivity index is 1.27. The normalized spacial score (nSPS) is 16.7. The van der Waals surface area contributed by atoms with Crippen molar-refractivity contribution in [1.82, 2.24) is 19.9 Å². The highest BCUT2D eigenvalue weighted by molar-refractivity contribution is 5.94. The summed E-state index contributed by atoms with van der Waals surface area (Å²) in [6.07, 6.45) is 8.06. The van der Waals surface area contributed by atoms with Gasteiger partial charge < -0.3 is 19.4 Å². The predicted octanol–water partition coefficient (Wildman–Crippen LogP) is 6.11. The minimum atomic E-state index is 0.333. The fourth-order valence-electron chi connectivity index (χ4n) is 5.88. The van der Waals surface area contributed by atoms with Crippen LogP contribution in [0.15, 0.2) is 48.8 Å². The van der Waals surface area contributed by atoms with Crippen LogP contribution < -0.4 is 14.4 Å². The largest absolute Gasteiger partial charge is 0.493 e. The molecule has 0 radical (unpaired) electrons. The molecule has 2 fully saturated rings. The number of hydrogen-bond donors (Lipinski definition) is 1. The first-order valence-electron chi connectivity index (χ1n) is 13.7. The van der Waals surface area contributed by atoms with Gasteiger partial charge in [0, 0.05) is 66.6 Å². The average Bonchev–Trinajstić information content (AvgIpc) is 3.31. The summed E-state index contributed by atoms with van der Waals surface area (Å²) in [6, 6.07) is 13.5. The van der Waals surface area contributed by atoms with E-state index in [0.29, 0.717) is 5.92 Å². The van der Waals surface area contributed by atoms with Crippen molar-refractivity contribution < 1.29 is 9.47 Å². The van der Waals surface area contributed by atoms with E-state index in [9.17, 15) is 0 Å². The van der Waals surface area contributed by atoms with Crippen molar-refractivity contribution >= 4 is 16.9 Å². The second-order valence-corrected chi connectivity index (χ2v) is 10.8. The second kappa shape index (κ2) is 10.3. The number of anilines is 1. The molecular formula is C31H37N5O2. The molecule has 2 aromatic heterocycles. The van der Waals surface area contributed by atoms with E-state index in [4.69, 9.17) is 19.4 Å². The van der Waals surface area contributed by atoms with E-state index >= 15 is 0 Å². The number of hydrogen-bond acceptors (Lipinski definition) is 6. The zero-order valence-electron chi connectivity index (χ0n) is 22.8. The summed E-state index contributed by atoms with van der Waals surface area (Å²) in [5.74, 6) is 2.62. The zero-order valence-corrected chi connectivity index (χ0v) is 22.8. The molecule has 1 saturated heterocycles. The topological polar surface area (TPSA) is 66.5 Å². The maximum absolute atomic E-state index is 5.57. The van der Waals surface area contributed by atoms with E-state index in [2.05, 4.69) is 52.9 Å². The van der Waals surface area contributed by atoms with Gasteiger partial charge in [-0.15, -0.1) is 0 Å². The predicted molar refractivity (Wildman–Crippen MR) is 153 cm³/mol. The second-order valence-electron chi connectivity index (χ2n) is 10.8. The summed E-state index contributed by atoms with van der Waals surface area (Å²) < 4.78 is 11.0. The number of nitrogens with one attached hydrogen (secondary N) is 1. The van der Waals surface area contributed by atoms with Crippen LogP contribution in [0.4, 0.5) is 5.95 Å². The molecule has 2 aliphatic rings. The number of H-pyrrole nitrogens is 1. The lowest BCUT2D eigenvalue weighted by Gasteiger charge is -2.42. The molecule has 6 rings (SSSR count). The molecule has 1 saturated carbocycles. The minimum Gasteiger partial charge on any atom is -0.493 e. The third kappa shape index (κ3) is 4.49. The standard InChI is InChI=1S/C31H37N5O2/c1-20(2)29-25-16-21(8-10-26(25)34-30(29)22-9-11-27(37-3)28(17-22)38-4)23-18-32-31(33-19-23)36-14-12-35(13-15-36)24-6-5-7-24/h8-11,16-20,24,34H,5-7,12-15H2,1-4H3. The number of methoxy groups -OCH3 is 2. The van der Waals surface area contributed by atoms with Gasteiger partial charge in [0.2, 0.25) is 5.95 Å². The van der Waals surface area contributed by atoms with E-state index in [-0.39, 0.29) is 0 Å². The van der Waals surface area contributed by atoms with Gasteiger partial charge in [-0.2, -0.15) is 0 Å². The Morgan fingerprint density at radius 1 is 0.842 bits per heavy atom. The van der Waals surface area contributed by atoms with Crippen molar-refractivity contribution in [3.05, 3.63) is 54.4 Å². The number of rotatable bonds is 7. The molecule has 7 heteroatoms. The van der Waals surface area contributed by atoms with Gasteiger partial charge in [-0.3, -0.25) is 4.90 Å². The molecule has 1 aliphatic heterocycles. The van der Waals surface area contributed by atoms with Crippen molar-refractivity contribution in [3.63, 3.8) is 0 Å². The molecule has 3 heterocycles. The molecule has 0 bridgehead atoms. The Bertz CT molecular complexity index is 1420. The van der Waals surface area contributed by atoms with Crippen LogP contribution >= 0.6 is 0 Å². The first-order chi connectivity index (χ1) is 18.6. The molecular weight excluding hydrogens is 474 g/mol. The number of benzene rings is 2. The number of aromatic nitrogens is 3. The molecule has 1 aliphatic carbocycles. The van der Waals surface area contributed by atoms with E-state index in [1.807, 2.05) is 24.5 Å². The van der Waals surface area contributed by atoms with Gasteiger partial charge in [0.05, 0.1) is 19.9 Å². The lowest BCUT2D eigenvalue weighted by molar-refractivity contribution is 0.120. The van der Waals surface area contributed by atoms with Crippen LogP contribution in [-0.4, -0.2) is 66.3 Å². The van der Waals surface area contributed by atoms with Crippen LogP contribution in [0.2, 0.25) is 0 Å². The summed E-state index contributed by atoms with van der Waals surface area (Å²) in [4.78, 5) is 18.2. The SMILES string of the molecule is COc1ccc(-c2[nH]c3ccc(-c4cnc(N5CCN(C6CCC6)CC5)nc4)cc3c2C(C)C)cc1OC. The number of ether oxygens (including phenoxy) is 2. The maximum Gasteiger partial charge on any atom is 0.225 e. The first kappa shape index (κ1) is 24.7. The molecule has 0 amide bonds. The van der Waals surface area contributed by atoms with Crippen LogP contribution in [-0.2, 0) is 0 Å². The Kier molecular flexibility index (Phi) is 6.70. The summed E-state index contributed by atoms with van der Waals surface area (Å²) in [5.41, 5.74) is 6.75. The van der Waals surface area contributed by atoms with E-state index in [1.165, 1.54) is 30.2 Å². The number of fused-ring (bicyclic) bond motifs is 1. The van der Waals surface area contributed by atoms with Crippen LogP contribution in [0.5, 0.6) is 11.5 Å². The van der Waals surface area contributed by atoms with E-state index in [0.717, 1.165) is 77.6 Å². The van der Waals surface area contributed by atoms with Crippen molar-refractivity contribution in [2.45, 2.75) is 45.1 Å². The average molecular weight is 512 g/mol. The smallest absolute Gasteiger partial charge is 0.225 e. The fourth-order valence-corrected chi connectivity index (χ4v) is 5.88. The quantitative estimate of drug-likeness (QED) is 0.323. The molecule has 7 nitrogen and oxygen atoms in total. The molecule has 0 spiro atoms. The zero-order chi connectivity index (χ0) is 26.2. The van der Waals surface area contributed by atoms with Crippen LogP contribution in [0.3, 0.4) is 0 Å².